The first-order valence-corrected chi connectivity index (χ1v) is 12.1. The Kier molecular flexibility index (Phi) is 8.11. The summed E-state index contributed by atoms with van der Waals surface area (Å²) in [5.41, 5.74) is 1.36. The minimum Gasteiger partial charge on any atom is -0.390 e. The van der Waals surface area contributed by atoms with E-state index in [0.29, 0.717) is 12.3 Å². The van der Waals surface area contributed by atoms with Crippen LogP contribution >= 0.6 is 7.82 Å². The molecule has 1 aliphatic heterocycles. The monoisotopic (exact) mass is 427 g/mol. The highest BCUT2D eigenvalue weighted by Crippen LogP contribution is 2.44. The fourth-order valence-corrected chi connectivity index (χ4v) is 4.57. The minimum absolute atomic E-state index is 0.0212. The van der Waals surface area contributed by atoms with Crippen LogP contribution in [0.25, 0.3) is 0 Å². The summed E-state index contributed by atoms with van der Waals surface area (Å²) in [4.78, 5) is 21.0. The Morgan fingerprint density at radius 3 is 2.10 bits per heavy atom. The van der Waals surface area contributed by atoms with Gasteiger partial charge in [0.15, 0.2) is 0 Å². The van der Waals surface area contributed by atoms with Crippen molar-refractivity contribution in [2.45, 2.75) is 77.4 Å². The number of likely N-dealkylation sites (tertiary alicyclic amines) is 1. The van der Waals surface area contributed by atoms with Crippen LogP contribution in [0.15, 0.2) is 24.3 Å². The lowest BCUT2D eigenvalue weighted by atomic mass is 9.83. The van der Waals surface area contributed by atoms with E-state index in [0.717, 1.165) is 44.5 Å². The molecule has 1 aliphatic rings. The van der Waals surface area contributed by atoms with Gasteiger partial charge in [-0.05, 0) is 81.6 Å². The SMILES string of the molecule is CC(C)(C)c1ccc(C(CCCN2CCC(C(C)(C)O)CC2)OP(=O)(O)O)cc1. The Labute approximate surface area is 175 Å². The van der Waals surface area contributed by atoms with Gasteiger partial charge in [0.2, 0.25) is 0 Å². The summed E-state index contributed by atoms with van der Waals surface area (Å²) < 4.78 is 16.6. The van der Waals surface area contributed by atoms with E-state index in [2.05, 4.69) is 25.7 Å². The van der Waals surface area contributed by atoms with E-state index in [1.165, 1.54) is 5.56 Å². The molecule has 1 heterocycles. The molecule has 29 heavy (non-hydrogen) atoms. The number of piperidine rings is 1. The van der Waals surface area contributed by atoms with Crippen molar-refractivity contribution in [3.05, 3.63) is 35.4 Å². The molecule has 3 N–H and O–H groups in total. The van der Waals surface area contributed by atoms with Crippen LogP contribution in [0.3, 0.4) is 0 Å². The number of rotatable bonds is 8. The number of benzene rings is 1. The van der Waals surface area contributed by atoms with Gasteiger partial charge in [-0.15, -0.1) is 0 Å². The molecule has 1 saturated heterocycles. The van der Waals surface area contributed by atoms with Gasteiger partial charge in [-0.25, -0.2) is 4.57 Å². The molecule has 0 saturated carbocycles. The van der Waals surface area contributed by atoms with Gasteiger partial charge in [-0.1, -0.05) is 45.0 Å². The largest absolute Gasteiger partial charge is 0.470 e. The molecule has 0 aromatic heterocycles. The first-order valence-electron chi connectivity index (χ1n) is 10.5. The lowest BCUT2D eigenvalue weighted by Gasteiger charge is -2.37. The summed E-state index contributed by atoms with van der Waals surface area (Å²) in [6, 6.07) is 7.84. The normalized spacial score (nSPS) is 18.8. The standard InChI is InChI=1S/C22H38NO5P/c1-21(2,3)18-10-8-17(9-11-18)20(28-29(25,26)27)7-6-14-23-15-12-19(13-16-23)22(4,5)24/h8-11,19-20,24H,6-7,12-16H2,1-5H3,(H2,25,26,27). The maximum absolute atomic E-state index is 11.5. The highest BCUT2D eigenvalue weighted by molar-refractivity contribution is 7.46. The first kappa shape index (κ1) is 24.5. The molecule has 0 bridgehead atoms. The van der Waals surface area contributed by atoms with Crippen molar-refractivity contribution in [3.63, 3.8) is 0 Å². The number of nitrogens with zero attached hydrogens (tertiary/aromatic N) is 1. The molecule has 1 aromatic rings. The van der Waals surface area contributed by atoms with Crippen molar-refractivity contribution in [1.29, 1.82) is 0 Å². The van der Waals surface area contributed by atoms with Crippen LogP contribution in [0.1, 0.15) is 77.5 Å². The summed E-state index contributed by atoms with van der Waals surface area (Å²) in [7, 11) is -4.57. The smallest absolute Gasteiger partial charge is 0.390 e. The van der Waals surface area contributed by atoms with Gasteiger partial charge in [-0.3, -0.25) is 4.52 Å². The van der Waals surface area contributed by atoms with Crippen LogP contribution in [0.5, 0.6) is 0 Å². The Balaban J connectivity index is 1.93. The van der Waals surface area contributed by atoms with E-state index in [9.17, 15) is 19.5 Å². The molecular weight excluding hydrogens is 389 g/mol. The first-order chi connectivity index (χ1) is 13.3. The third-order valence-electron chi connectivity index (χ3n) is 5.94. The second-order valence-corrected chi connectivity index (χ2v) is 11.1. The number of hydrogen-bond donors (Lipinski definition) is 3. The van der Waals surface area contributed by atoms with Gasteiger partial charge in [0.05, 0.1) is 11.7 Å². The summed E-state index contributed by atoms with van der Waals surface area (Å²) in [5.74, 6) is 0.325. The van der Waals surface area contributed by atoms with Crippen LogP contribution in [0.4, 0.5) is 0 Å². The van der Waals surface area contributed by atoms with Gasteiger partial charge >= 0.3 is 7.82 Å². The fraction of sp³-hybridized carbons (Fsp3) is 0.727. The van der Waals surface area contributed by atoms with Crippen molar-refractivity contribution < 1.29 is 24.0 Å². The molecule has 166 valence electrons. The van der Waals surface area contributed by atoms with Crippen molar-refractivity contribution in [2.24, 2.45) is 5.92 Å². The van der Waals surface area contributed by atoms with Gasteiger partial charge < -0.3 is 19.8 Å². The lowest BCUT2D eigenvalue weighted by molar-refractivity contribution is -0.0129. The van der Waals surface area contributed by atoms with E-state index in [-0.39, 0.29) is 5.41 Å². The Morgan fingerprint density at radius 1 is 1.10 bits per heavy atom. The summed E-state index contributed by atoms with van der Waals surface area (Å²) in [6.07, 6.45) is 2.66. The average molecular weight is 428 g/mol. The predicted molar refractivity (Wildman–Crippen MR) is 116 cm³/mol. The maximum atomic E-state index is 11.5. The Morgan fingerprint density at radius 2 is 1.66 bits per heavy atom. The number of hydrogen-bond acceptors (Lipinski definition) is 4. The highest BCUT2D eigenvalue weighted by atomic mass is 31.2. The van der Waals surface area contributed by atoms with E-state index < -0.39 is 19.5 Å². The average Bonchev–Trinajstić information content (AvgIpc) is 2.59. The number of phosphoric ester groups is 1. The summed E-state index contributed by atoms with van der Waals surface area (Å²) in [5, 5.41) is 10.2. The number of phosphoric acid groups is 1. The van der Waals surface area contributed by atoms with Crippen molar-refractivity contribution in [3.8, 4) is 0 Å². The molecule has 0 radical (unpaired) electrons. The van der Waals surface area contributed by atoms with Crippen LogP contribution < -0.4 is 0 Å². The highest BCUT2D eigenvalue weighted by Gasteiger charge is 2.30. The van der Waals surface area contributed by atoms with Crippen LogP contribution in [0, 0.1) is 5.92 Å². The van der Waals surface area contributed by atoms with E-state index in [1.807, 2.05) is 38.1 Å². The van der Waals surface area contributed by atoms with Crippen LogP contribution in [-0.4, -0.2) is 45.0 Å². The van der Waals surface area contributed by atoms with E-state index >= 15 is 0 Å². The van der Waals surface area contributed by atoms with Crippen molar-refractivity contribution in [1.82, 2.24) is 4.90 Å². The second-order valence-electron chi connectivity index (χ2n) is 9.87. The molecule has 0 aliphatic carbocycles. The third kappa shape index (κ3) is 8.12. The molecule has 7 heteroatoms. The van der Waals surface area contributed by atoms with Crippen LogP contribution in [-0.2, 0) is 14.5 Å². The Bertz CT molecular complexity index is 679. The number of aliphatic hydroxyl groups is 1. The molecule has 0 amide bonds. The van der Waals surface area contributed by atoms with Crippen molar-refractivity contribution >= 4 is 7.82 Å². The minimum atomic E-state index is -4.57. The lowest BCUT2D eigenvalue weighted by Crippen LogP contribution is -2.42. The molecule has 1 unspecified atom stereocenters. The zero-order valence-corrected chi connectivity index (χ0v) is 19.4. The molecule has 1 atom stereocenters. The molecule has 1 fully saturated rings. The van der Waals surface area contributed by atoms with Crippen LogP contribution in [0.2, 0.25) is 0 Å². The molecular formula is C22H38NO5P. The molecule has 0 spiro atoms. The van der Waals surface area contributed by atoms with Gasteiger partial charge in [0.25, 0.3) is 0 Å². The van der Waals surface area contributed by atoms with E-state index in [4.69, 9.17) is 4.52 Å². The van der Waals surface area contributed by atoms with Gasteiger partial charge in [-0.2, -0.15) is 0 Å². The van der Waals surface area contributed by atoms with Crippen molar-refractivity contribution in [2.75, 3.05) is 19.6 Å². The molecule has 2 rings (SSSR count). The summed E-state index contributed by atoms with van der Waals surface area (Å²) >= 11 is 0. The maximum Gasteiger partial charge on any atom is 0.470 e. The molecule has 1 aromatic carbocycles. The van der Waals surface area contributed by atoms with E-state index in [1.54, 1.807) is 0 Å². The summed E-state index contributed by atoms with van der Waals surface area (Å²) in [6.45, 7) is 12.9. The zero-order chi connectivity index (χ0) is 21.9. The fourth-order valence-electron chi connectivity index (χ4n) is 4.01. The third-order valence-corrected chi connectivity index (χ3v) is 6.47. The van der Waals surface area contributed by atoms with Gasteiger partial charge in [0.1, 0.15) is 0 Å². The molecule has 6 nitrogen and oxygen atoms in total. The quantitative estimate of drug-likeness (QED) is 0.533. The predicted octanol–water partition coefficient (Wildman–Crippen LogP) is 4.40. The zero-order valence-electron chi connectivity index (χ0n) is 18.5. The topological polar surface area (TPSA) is 90.2 Å². The second kappa shape index (κ2) is 9.59. The van der Waals surface area contributed by atoms with Gasteiger partial charge in [0, 0.05) is 0 Å². The Hall–Kier alpha value is -0.750.